The fraction of sp³-hybridized carbons (Fsp3) is 0.167. The van der Waals surface area contributed by atoms with Gasteiger partial charge in [0.1, 0.15) is 22.2 Å². The standard InChI is InChI=1S/C18H10Cl2F2N2O3S2/c19-8-1-2-11-16(15(8)20)23-13(28-11)6-24-10-4-7(21)3-9(22)17(10)29-12(18(24)27)5-14(25)26/h1-4,12H,5-6H2,(H,25,26). The van der Waals surface area contributed by atoms with Gasteiger partial charge in [-0.15, -0.1) is 23.1 Å². The molecule has 0 saturated carbocycles. The summed E-state index contributed by atoms with van der Waals surface area (Å²) in [6.45, 7) is -0.0846. The van der Waals surface area contributed by atoms with Crippen LogP contribution in [0.4, 0.5) is 14.5 Å². The number of benzene rings is 2. The van der Waals surface area contributed by atoms with E-state index in [-0.39, 0.29) is 22.2 Å². The number of hydrogen-bond acceptors (Lipinski definition) is 5. The minimum atomic E-state index is -1.19. The number of thiazole rings is 1. The number of aliphatic carboxylic acids is 1. The second-order valence-corrected chi connectivity index (χ2v) is 9.29. The Bertz CT molecular complexity index is 1170. The topological polar surface area (TPSA) is 70.5 Å². The molecule has 0 spiro atoms. The van der Waals surface area contributed by atoms with Crippen molar-refractivity contribution in [2.45, 2.75) is 23.1 Å². The van der Waals surface area contributed by atoms with Gasteiger partial charge < -0.3 is 10.0 Å². The number of carboxylic acid groups (broad SMARTS) is 1. The number of carbonyl (C=O) groups excluding carboxylic acids is 1. The van der Waals surface area contributed by atoms with Crippen molar-refractivity contribution < 1.29 is 23.5 Å². The predicted molar refractivity (Wildman–Crippen MR) is 109 cm³/mol. The van der Waals surface area contributed by atoms with Crippen LogP contribution in [0.5, 0.6) is 0 Å². The minimum Gasteiger partial charge on any atom is -0.481 e. The number of amides is 1. The molecule has 1 aliphatic rings. The van der Waals surface area contributed by atoms with Crippen LogP contribution in [0.25, 0.3) is 10.2 Å². The summed E-state index contributed by atoms with van der Waals surface area (Å²) in [5.74, 6) is -3.44. The van der Waals surface area contributed by atoms with Crippen molar-refractivity contribution >= 4 is 74.1 Å². The van der Waals surface area contributed by atoms with Crippen molar-refractivity contribution in [1.82, 2.24) is 4.98 Å². The molecule has 0 radical (unpaired) electrons. The molecule has 0 aliphatic carbocycles. The molecule has 2 aromatic carbocycles. The number of anilines is 1. The molecule has 2 heterocycles. The van der Waals surface area contributed by atoms with Crippen molar-refractivity contribution in [1.29, 1.82) is 0 Å². The number of hydrogen-bond donors (Lipinski definition) is 1. The number of rotatable bonds is 4. The average molecular weight is 475 g/mol. The first-order valence-corrected chi connectivity index (χ1v) is 10.6. The first-order chi connectivity index (χ1) is 13.7. The van der Waals surface area contributed by atoms with E-state index >= 15 is 0 Å². The molecule has 1 aliphatic heterocycles. The van der Waals surface area contributed by atoms with Crippen molar-refractivity contribution in [3.63, 3.8) is 0 Å². The summed E-state index contributed by atoms with van der Waals surface area (Å²) in [7, 11) is 0. The second-order valence-electron chi connectivity index (χ2n) is 6.18. The molecule has 29 heavy (non-hydrogen) atoms. The Balaban J connectivity index is 1.78. The Hall–Kier alpha value is -1.94. The highest BCUT2D eigenvalue weighted by atomic mass is 35.5. The largest absolute Gasteiger partial charge is 0.481 e. The average Bonchev–Trinajstić information content (AvgIpc) is 3.06. The summed E-state index contributed by atoms with van der Waals surface area (Å²) in [4.78, 5) is 29.6. The van der Waals surface area contributed by atoms with Crippen LogP contribution in [-0.4, -0.2) is 27.2 Å². The fourth-order valence-electron chi connectivity index (χ4n) is 2.99. The maximum Gasteiger partial charge on any atom is 0.305 e. The van der Waals surface area contributed by atoms with Gasteiger partial charge in [0.2, 0.25) is 5.91 Å². The quantitative estimate of drug-likeness (QED) is 0.550. The van der Waals surface area contributed by atoms with Crippen LogP contribution in [0.2, 0.25) is 10.0 Å². The summed E-state index contributed by atoms with van der Waals surface area (Å²) < 4.78 is 28.9. The Labute approximate surface area is 181 Å². The van der Waals surface area contributed by atoms with E-state index in [2.05, 4.69) is 4.98 Å². The SMILES string of the molecule is O=C(O)CC1Sc2c(F)cc(F)cc2N(Cc2nc3c(Cl)c(Cl)ccc3s2)C1=O. The van der Waals surface area contributed by atoms with Crippen LogP contribution in [0.15, 0.2) is 29.2 Å². The molecule has 1 aromatic heterocycles. The molecular weight excluding hydrogens is 465 g/mol. The molecule has 0 bridgehead atoms. The van der Waals surface area contributed by atoms with E-state index in [1.54, 1.807) is 12.1 Å². The van der Waals surface area contributed by atoms with Gasteiger partial charge in [0.25, 0.3) is 0 Å². The van der Waals surface area contributed by atoms with Gasteiger partial charge in [-0.1, -0.05) is 23.2 Å². The zero-order valence-electron chi connectivity index (χ0n) is 14.3. The molecule has 0 saturated heterocycles. The van der Waals surface area contributed by atoms with Crippen molar-refractivity contribution in [3.8, 4) is 0 Å². The first kappa shape index (κ1) is 20.3. The lowest BCUT2D eigenvalue weighted by Gasteiger charge is -2.32. The Morgan fingerprint density at radius 2 is 2.03 bits per heavy atom. The maximum atomic E-state index is 14.4. The minimum absolute atomic E-state index is 0.0273. The number of aromatic nitrogens is 1. The lowest BCUT2D eigenvalue weighted by Crippen LogP contribution is -2.41. The van der Waals surface area contributed by atoms with Gasteiger partial charge in [-0.3, -0.25) is 9.59 Å². The Kier molecular flexibility index (Phi) is 5.41. The van der Waals surface area contributed by atoms with Crippen molar-refractivity contribution in [3.05, 3.63) is 51.0 Å². The van der Waals surface area contributed by atoms with Crippen molar-refractivity contribution in [2.24, 2.45) is 0 Å². The lowest BCUT2D eigenvalue weighted by atomic mass is 10.2. The molecule has 11 heteroatoms. The number of carbonyl (C=O) groups is 2. The number of nitrogens with zero attached hydrogens (tertiary/aromatic N) is 2. The lowest BCUT2D eigenvalue weighted by molar-refractivity contribution is -0.138. The van der Waals surface area contributed by atoms with Crippen LogP contribution in [0, 0.1) is 11.6 Å². The molecule has 1 N–H and O–H groups in total. The molecule has 4 rings (SSSR count). The molecule has 1 amide bonds. The summed E-state index contributed by atoms with van der Waals surface area (Å²) in [6, 6.07) is 5.12. The fourth-order valence-corrected chi connectivity index (χ4v) is 5.57. The number of halogens is 4. The van der Waals surface area contributed by atoms with Crippen LogP contribution in [0.3, 0.4) is 0 Å². The summed E-state index contributed by atoms with van der Waals surface area (Å²) in [5, 5.41) is 9.13. The van der Waals surface area contributed by atoms with E-state index in [9.17, 15) is 18.4 Å². The first-order valence-electron chi connectivity index (χ1n) is 8.17. The van der Waals surface area contributed by atoms with Gasteiger partial charge in [-0.2, -0.15) is 0 Å². The van der Waals surface area contributed by atoms with Gasteiger partial charge in [0, 0.05) is 6.07 Å². The van der Waals surface area contributed by atoms with E-state index in [1.165, 1.54) is 16.2 Å². The molecule has 5 nitrogen and oxygen atoms in total. The Morgan fingerprint density at radius 1 is 1.28 bits per heavy atom. The monoisotopic (exact) mass is 474 g/mol. The molecule has 0 fully saturated rings. The van der Waals surface area contributed by atoms with Crippen LogP contribution in [-0.2, 0) is 16.1 Å². The summed E-state index contributed by atoms with van der Waals surface area (Å²) in [5.41, 5.74) is 0.508. The zero-order chi connectivity index (χ0) is 20.9. The van der Waals surface area contributed by atoms with Gasteiger partial charge >= 0.3 is 5.97 Å². The van der Waals surface area contributed by atoms with Gasteiger partial charge in [-0.25, -0.2) is 13.8 Å². The maximum absolute atomic E-state index is 14.4. The third-order valence-electron chi connectivity index (χ3n) is 4.23. The molecule has 1 unspecified atom stereocenters. The molecule has 1 atom stereocenters. The van der Waals surface area contributed by atoms with Crippen LogP contribution < -0.4 is 4.90 Å². The number of carboxylic acids is 1. The highest BCUT2D eigenvalue weighted by Crippen LogP contribution is 2.43. The summed E-state index contributed by atoms with van der Waals surface area (Å²) >= 11 is 14.2. The van der Waals surface area contributed by atoms with Crippen LogP contribution in [0.1, 0.15) is 11.4 Å². The third kappa shape index (κ3) is 3.79. The van der Waals surface area contributed by atoms with Gasteiger partial charge in [-0.05, 0) is 18.2 Å². The predicted octanol–water partition coefficient (Wildman–Crippen LogP) is 5.36. The molecular formula is C18H10Cl2F2N2O3S2. The summed E-state index contributed by atoms with van der Waals surface area (Å²) in [6.07, 6.45) is -0.489. The Morgan fingerprint density at radius 3 is 2.76 bits per heavy atom. The zero-order valence-corrected chi connectivity index (χ0v) is 17.4. The molecule has 3 aromatic rings. The van der Waals surface area contributed by atoms with E-state index in [4.69, 9.17) is 28.3 Å². The van der Waals surface area contributed by atoms with E-state index < -0.39 is 35.2 Å². The number of thioether (sulfide) groups is 1. The van der Waals surface area contributed by atoms with E-state index in [1.807, 2.05) is 0 Å². The highest BCUT2D eigenvalue weighted by molar-refractivity contribution is 8.01. The molecule has 150 valence electrons. The van der Waals surface area contributed by atoms with Crippen LogP contribution >= 0.6 is 46.3 Å². The normalized spacial score (nSPS) is 16.3. The smallest absolute Gasteiger partial charge is 0.305 e. The van der Waals surface area contributed by atoms with Gasteiger partial charge in [0.05, 0.1) is 43.5 Å². The number of fused-ring (bicyclic) bond motifs is 2. The van der Waals surface area contributed by atoms with Gasteiger partial charge in [0.15, 0.2) is 0 Å². The highest BCUT2D eigenvalue weighted by Gasteiger charge is 2.37. The van der Waals surface area contributed by atoms with E-state index in [0.29, 0.717) is 21.6 Å². The van der Waals surface area contributed by atoms with Crippen molar-refractivity contribution in [2.75, 3.05) is 4.90 Å². The van der Waals surface area contributed by atoms with E-state index in [0.717, 1.165) is 22.5 Å². The third-order valence-corrected chi connectivity index (χ3v) is 7.32. The second kappa shape index (κ2) is 7.71.